The van der Waals surface area contributed by atoms with Crippen LogP contribution < -0.4 is 10.9 Å². The SMILES string of the molecule is O=C(CC(c1nc2ccccc2c(=O)[nH]1)c1nc2ccccc2s1)NCc1ccccc1. The summed E-state index contributed by atoms with van der Waals surface area (Å²) < 4.78 is 1.03. The topological polar surface area (TPSA) is 87.7 Å². The molecule has 0 aliphatic rings. The Labute approximate surface area is 188 Å². The molecule has 0 aliphatic heterocycles. The lowest BCUT2D eigenvalue weighted by atomic mass is 10.0. The van der Waals surface area contributed by atoms with Gasteiger partial charge in [-0.2, -0.15) is 0 Å². The van der Waals surface area contributed by atoms with Crippen molar-refractivity contribution in [2.24, 2.45) is 0 Å². The molecule has 32 heavy (non-hydrogen) atoms. The Hall–Kier alpha value is -3.84. The molecular weight excluding hydrogens is 420 g/mol. The number of carbonyl (C=O) groups is 1. The van der Waals surface area contributed by atoms with Gasteiger partial charge in [0.2, 0.25) is 5.91 Å². The first-order chi connectivity index (χ1) is 15.7. The van der Waals surface area contributed by atoms with Gasteiger partial charge in [0.15, 0.2) is 0 Å². The van der Waals surface area contributed by atoms with E-state index in [2.05, 4.69) is 15.3 Å². The Morgan fingerprint density at radius 1 is 0.906 bits per heavy atom. The van der Waals surface area contributed by atoms with Crippen LogP contribution in [0.1, 0.15) is 28.7 Å². The van der Waals surface area contributed by atoms with E-state index in [0.29, 0.717) is 23.3 Å². The van der Waals surface area contributed by atoms with Gasteiger partial charge in [0.05, 0.1) is 27.0 Å². The largest absolute Gasteiger partial charge is 0.352 e. The molecule has 0 saturated carbocycles. The first-order valence-electron chi connectivity index (χ1n) is 10.3. The molecule has 1 unspecified atom stereocenters. The van der Waals surface area contributed by atoms with Gasteiger partial charge < -0.3 is 10.3 Å². The highest BCUT2D eigenvalue weighted by Gasteiger charge is 2.25. The molecule has 0 fully saturated rings. The van der Waals surface area contributed by atoms with Crippen molar-refractivity contribution in [2.45, 2.75) is 18.9 Å². The molecule has 0 aliphatic carbocycles. The van der Waals surface area contributed by atoms with E-state index < -0.39 is 5.92 Å². The van der Waals surface area contributed by atoms with Gasteiger partial charge >= 0.3 is 0 Å². The van der Waals surface area contributed by atoms with E-state index in [0.717, 1.165) is 20.8 Å². The molecule has 2 N–H and O–H groups in total. The van der Waals surface area contributed by atoms with Crippen LogP contribution in [0.2, 0.25) is 0 Å². The minimum atomic E-state index is -0.458. The number of hydrogen-bond acceptors (Lipinski definition) is 5. The van der Waals surface area contributed by atoms with Crippen LogP contribution in [0.5, 0.6) is 0 Å². The standard InChI is InChI=1S/C25H20N4O2S/c30-22(26-15-16-8-2-1-3-9-16)14-18(25-28-20-12-6-7-13-21(20)32-25)23-27-19-11-5-4-10-17(19)24(31)29-23/h1-13,18H,14-15H2,(H,26,30)(H,27,29,31). The Morgan fingerprint density at radius 3 is 2.44 bits per heavy atom. The van der Waals surface area contributed by atoms with Crippen molar-refractivity contribution in [3.63, 3.8) is 0 Å². The first-order valence-corrected chi connectivity index (χ1v) is 11.1. The minimum absolute atomic E-state index is 0.131. The van der Waals surface area contributed by atoms with Crippen molar-refractivity contribution in [1.29, 1.82) is 0 Å². The van der Waals surface area contributed by atoms with Gasteiger partial charge in [-0.15, -0.1) is 11.3 Å². The quantitative estimate of drug-likeness (QED) is 0.410. The number of thiazole rings is 1. The summed E-state index contributed by atoms with van der Waals surface area (Å²) in [5.74, 6) is -0.142. The maximum atomic E-state index is 12.9. The number of amides is 1. The predicted molar refractivity (Wildman–Crippen MR) is 127 cm³/mol. The molecule has 0 spiro atoms. The molecule has 3 aromatic carbocycles. The third kappa shape index (κ3) is 4.15. The minimum Gasteiger partial charge on any atom is -0.352 e. The first kappa shape index (κ1) is 20.1. The summed E-state index contributed by atoms with van der Waals surface area (Å²) in [6, 6.07) is 24.8. The molecule has 1 atom stereocenters. The fraction of sp³-hybridized carbons (Fsp3) is 0.120. The van der Waals surface area contributed by atoms with E-state index in [1.165, 1.54) is 11.3 Å². The number of H-pyrrole nitrogens is 1. The van der Waals surface area contributed by atoms with Crippen LogP contribution in [0, 0.1) is 0 Å². The zero-order valence-corrected chi connectivity index (χ0v) is 17.9. The molecular formula is C25H20N4O2S. The average molecular weight is 441 g/mol. The number of aromatic amines is 1. The highest BCUT2D eigenvalue weighted by atomic mass is 32.1. The molecule has 5 aromatic rings. The predicted octanol–water partition coefficient (Wildman–Crippen LogP) is 4.37. The molecule has 0 bridgehead atoms. The van der Waals surface area contributed by atoms with E-state index in [1.807, 2.05) is 60.7 Å². The second-order valence-corrected chi connectivity index (χ2v) is 8.57. The maximum Gasteiger partial charge on any atom is 0.258 e. The van der Waals surface area contributed by atoms with Crippen molar-refractivity contribution in [2.75, 3.05) is 0 Å². The molecule has 2 aromatic heterocycles. The highest BCUT2D eigenvalue weighted by Crippen LogP contribution is 2.32. The van der Waals surface area contributed by atoms with Crippen LogP contribution in [0.25, 0.3) is 21.1 Å². The summed E-state index contributed by atoms with van der Waals surface area (Å²) in [6.07, 6.45) is 0.133. The van der Waals surface area contributed by atoms with Gasteiger partial charge in [-0.1, -0.05) is 54.6 Å². The van der Waals surface area contributed by atoms with E-state index in [-0.39, 0.29) is 17.9 Å². The molecule has 2 heterocycles. The number of nitrogens with one attached hydrogen (secondary N) is 2. The normalized spacial score (nSPS) is 12.1. The zero-order chi connectivity index (χ0) is 21.9. The van der Waals surface area contributed by atoms with Crippen molar-refractivity contribution in [3.8, 4) is 0 Å². The lowest BCUT2D eigenvalue weighted by Crippen LogP contribution is -2.26. The average Bonchev–Trinajstić information content (AvgIpc) is 3.26. The summed E-state index contributed by atoms with van der Waals surface area (Å²) in [7, 11) is 0. The number of aromatic nitrogens is 3. The molecule has 1 amide bonds. The van der Waals surface area contributed by atoms with Gasteiger partial charge in [0, 0.05) is 13.0 Å². The summed E-state index contributed by atoms with van der Waals surface area (Å²) in [4.78, 5) is 37.9. The maximum absolute atomic E-state index is 12.9. The van der Waals surface area contributed by atoms with Crippen LogP contribution in [-0.4, -0.2) is 20.9 Å². The van der Waals surface area contributed by atoms with Crippen molar-refractivity contribution in [1.82, 2.24) is 20.3 Å². The van der Waals surface area contributed by atoms with Gasteiger partial charge in [-0.05, 0) is 29.8 Å². The van der Waals surface area contributed by atoms with E-state index in [9.17, 15) is 9.59 Å². The van der Waals surface area contributed by atoms with Crippen LogP contribution >= 0.6 is 11.3 Å². The second kappa shape index (κ2) is 8.72. The van der Waals surface area contributed by atoms with Crippen LogP contribution in [-0.2, 0) is 11.3 Å². The second-order valence-electron chi connectivity index (χ2n) is 7.51. The Morgan fingerprint density at radius 2 is 1.62 bits per heavy atom. The summed E-state index contributed by atoms with van der Waals surface area (Å²) in [6.45, 7) is 0.438. The summed E-state index contributed by atoms with van der Waals surface area (Å²) in [5.41, 5.74) is 2.27. The third-order valence-corrected chi connectivity index (χ3v) is 6.44. The van der Waals surface area contributed by atoms with E-state index in [4.69, 9.17) is 4.98 Å². The fourth-order valence-electron chi connectivity index (χ4n) is 3.66. The summed E-state index contributed by atoms with van der Waals surface area (Å²) >= 11 is 1.51. The zero-order valence-electron chi connectivity index (χ0n) is 17.1. The number of nitrogens with zero attached hydrogens (tertiary/aromatic N) is 2. The molecule has 0 radical (unpaired) electrons. The number of fused-ring (bicyclic) bond motifs is 2. The van der Waals surface area contributed by atoms with Crippen LogP contribution in [0.15, 0.2) is 83.7 Å². The Balaban J connectivity index is 1.50. The molecule has 7 heteroatoms. The number of hydrogen-bond donors (Lipinski definition) is 2. The lowest BCUT2D eigenvalue weighted by Gasteiger charge is -2.14. The molecule has 158 valence electrons. The number of carbonyl (C=O) groups excluding carboxylic acids is 1. The van der Waals surface area contributed by atoms with E-state index >= 15 is 0 Å². The van der Waals surface area contributed by atoms with Crippen molar-refractivity contribution < 1.29 is 4.79 Å². The number of benzene rings is 3. The lowest BCUT2D eigenvalue weighted by molar-refractivity contribution is -0.121. The van der Waals surface area contributed by atoms with Crippen molar-refractivity contribution >= 4 is 38.4 Å². The Kier molecular flexibility index (Phi) is 5.47. The summed E-state index contributed by atoms with van der Waals surface area (Å²) in [5, 5.41) is 4.24. The number of para-hydroxylation sites is 2. The third-order valence-electron chi connectivity index (χ3n) is 5.29. The van der Waals surface area contributed by atoms with Gasteiger partial charge in [-0.3, -0.25) is 9.59 Å². The Bertz CT molecular complexity index is 1430. The molecule has 0 saturated heterocycles. The molecule has 6 nitrogen and oxygen atoms in total. The van der Waals surface area contributed by atoms with Crippen molar-refractivity contribution in [3.05, 3.63) is 106 Å². The van der Waals surface area contributed by atoms with Gasteiger partial charge in [0.25, 0.3) is 5.56 Å². The van der Waals surface area contributed by atoms with Gasteiger partial charge in [0.1, 0.15) is 10.8 Å². The molecule has 5 rings (SSSR count). The monoisotopic (exact) mass is 440 g/mol. The number of rotatable bonds is 6. The van der Waals surface area contributed by atoms with Crippen LogP contribution in [0.4, 0.5) is 0 Å². The fourth-order valence-corrected chi connectivity index (χ4v) is 4.74. The van der Waals surface area contributed by atoms with Gasteiger partial charge in [-0.25, -0.2) is 9.97 Å². The van der Waals surface area contributed by atoms with E-state index in [1.54, 1.807) is 18.2 Å². The van der Waals surface area contributed by atoms with Crippen LogP contribution in [0.3, 0.4) is 0 Å². The highest BCUT2D eigenvalue weighted by molar-refractivity contribution is 7.18. The smallest absolute Gasteiger partial charge is 0.258 e.